The molecule has 180 valence electrons. The molecular weight excluding hydrogens is 464 g/mol. The van der Waals surface area contributed by atoms with Gasteiger partial charge in [0.15, 0.2) is 0 Å². The van der Waals surface area contributed by atoms with Crippen LogP contribution in [0.5, 0.6) is 5.75 Å². The summed E-state index contributed by atoms with van der Waals surface area (Å²) >= 11 is 0. The number of para-hydroxylation sites is 2. The lowest BCUT2D eigenvalue weighted by molar-refractivity contribution is -0.119. The normalized spacial score (nSPS) is 11.1. The van der Waals surface area contributed by atoms with Crippen molar-refractivity contribution in [2.24, 2.45) is 0 Å². The van der Waals surface area contributed by atoms with E-state index < -0.39 is 22.5 Å². The second-order valence-electron chi connectivity index (χ2n) is 7.64. The molecule has 4 aromatic rings. The average molecular weight is 491 g/mol. The van der Waals surface area contributed by atoms with Crippen LogP contribution in [-0.4, -0.2) is 37.0 Å². The monoisotopic (exact) mass is 490 g/mol. The summed E-state index contributed by atoms with van der Waals surface area (Å²) < 4.78 is 35.7. The summed E-state index contributed by atoms with van der Waals surface area (Å²) in [5.74, 6) is -0.0492. The smallest absolute Gasteiger partial charge is 0.264 e. The van der Waals surface area contributed by atoms with E-state index in [4.69, 9.17) is 4.74 Å². The van der Waals surface area contributed by atoms with Gasteiger partial charge >= 0.3 is 0 Å². The van der Waals surface area contributed by atoms with Gasteiger partial charge in [0.1, 0.15) is 12.3 Å². The molecule has 0 bridgehead atoms. The van der Waals surface area contributed by atoms with Gasteiger partial charge in [-0.2, -0.15) is 0 Å². The number of nitrogens with one attached hydrogen (secondary N) is 1. The topological polar surface area (TPSA) is 93.5 Å². The number of hydrogen-bond acceptors (Lipinski definition) is 5. The SMILES string of the molecule is CCOc1ccccc1N(CC(=O)NCc1ccc(-n2ccnc2)cc1)S(=O)(=O)c1ccccc1. The third kappa shape index (κ3) is 5.70. The largest absolute Gasteiger partial charge is 0.492 e. The van der Waals surface area contributed by atoms with Crippen molar-refractivity contribution >= 4 is 21.6 Å². The molecular formula is C26H26N4O4S. The van der Waals surface area contributed by atoms with Crippen LogP contribution in [0.1, 0.15) is 12.5 Å². The number of nitrogens with zero attached hydrogens (tertiary/aromatic N) is 3. The van der Waals surface area contributed by atoms with E-state index in [2.05, 4.69) is 10.3 Å². The molecule has 0 fully saturated rings. The lowest BCUT2D eigenvalue weighted by Gasteiger charge is -2.26. The quantitative estimate of drug-likeness (QED) is 0.365. The number of aromatic nitrogens is 2. The molecule has 0 atom stereocenters. The number of ether oxygens (including phenoxy) is 1. The summed E-state index contributed by atoms with van der Waals surface area (Å²) in [4.78, 5) is 17.1. The second-order valence-corrected chi connectivity index (χ2v) is 9.50. The molecule has 35 heavy (non-hydrogen) atoms. The molecule has 8 nitrogen and oxygen atoms in total. The van der Waals surface area contributed by atoms with Crippen LogP contribution >= 0.6 is 0 Å². The molecule has 4 rings (SSSR count). The highest BCUT2D eigenvalue weighted by Gasteiger charge is 2.29. The molecule has 0 unspecified atom stereocenters. The first kappa shape index (κ1) is 24.0. The molecule has 0 saturated heterocycles. The van der Waals surface area contributed by atoms with E-state index in [9.17, 15) is 13.2 Å². The van der Waals surface area contributed by atoms with Crippen molar-refractivity contribution in [1.82, 2.24) is 14.9 Å². The van der Waals surface area contributed by atoms with Crippen LogP contribution in [0.4, 0.5) is 5.69 Å². The first-order chi connectivity index (χ1) is 17.0. The van der Waals surface area contributed by atoms with E-state index in [1.165, 1.54) is 12.1 Å². The molecule has 1 heterocycles. The fraction of sp³-hybridized carbons (Fsp3) is 0.154. The van der Waals surface area contributed by atoms with Gasteiger partial charge in [-0.25, -0.2) is 13.4 Å². The lowest BCUT2D eigenvalue weighted by atomic mass is 10.2. The molecule has 9 heteroatoms. The number of carbonyl (C=O) groups excluding carboxylic acids is 1. The maximum absolute atomic E-state index is 13.5. The molecule has 1 amide bonds. The number of benzene rings is 3. The van der Waals surface area contributed by atoms with E-state index in [0.29, 0.717) is 18.0 Å². The van der Waals surface area contributed by atoms with Gasteiger partial charge in [0.2, 0.25) is 5.91 Å². The van der Waals surface area contributed by atoms with Crippen molar-refractivity contribution in [2.75, 3.05) is 17.5 Å². The van der Waals surface area contributed by atoms with Crippen LogP contribution in [0.2, 0.25) is 0 Å². The van der Waals surface area contributed by atoms with Gasteiger partial charge < -0.3 is 14.6 Å². The van der Waals surface area contributed by atoms with E-state index in [-0.39, 0.29) is 11.4 Å². The average Bonchev–Trinajstić information content (AvgIpc) is 3.43. The minimum absolute atomic E-state index is 0.0918. The maximum atomic E-state index is 13.5. The number of anilines is 1. The third-order valence-corrected chi connectivity index (χ3v) is 7.05. The van der Waals surface area contributed by atoms with Gasteiger partial charge in [-0.15, -0.1) is 0 Å². The standard InChI is InChI=1S/C26H26N4O4S/c1-2-34-25-11-7-6-10-24(25)30(35(32,33)23-8-4-3-5-9-23)19-26(31)28-18-21-12-14-22(15-13-21)29-17-16-27-20-29/h3-17,20H,2,18-19H2,1H3,(H,28,31). The summed E-state index contributed by atoms with van der Waals surface area (Å²) in [7, 11) is -4.02. The van der Waals surface area contributed by atoms with Gasteiger partial charge in [-0.3, -0.25) is 9.10 Å². The highest BCUT2D eigenvalue weighted by atomic mass is 32.2. The third-order valence-electron chi connectivity index (χ3n) is 5.28. The van der Waals surface area contributed by atoms with Crippen molar-refractivity contribution < 1.29 is 17.9 Å². The van der Waals surface area contributed by atoms with Crippen LogP contribution in [-0.2, 0) is 21.4 Å². The minimum atomic E-state index is -4.02. The van der Waals surface area contributed by atoms with E-state index in [1.54, 1.807) is 55.0 Å². The Bertz CT molecular complexity index is 1360. The number of carbonyl (C=O) groups is 1. The molecule has 0 saturated carbocycles. The summed E-state index contributed by atoms with van der Waals surface area (Å²) in [5, 5.41) is 2.82. The first-order valence-corrected chi connectivity index (χ1v) is 12.6. The number of hydrogen-bond donors (Lipinski definition) is 1. The number of imidazole rings is 1. The molecule has 1 N–H and O–H groups in total. The molecule has 0 aliphatic heterocycles. The number of rotatable bonds is 10. The van der Waals surface area contributed by atoms with Crippen LogP contribution in [0, 0.1) is 0 Å². The Balaban J connectivity index is 1.54. The van der Waals surface area contributed by atoms with Crippen LogP contribution in [0.15, 0.2) is 102 Å². The number of amides is 1. The highest BCUT2D eigenvalue weighted by Crippen LogP contribution is 2.32. The van der Waals surface area contributed by atoms with Crippen LogP contribution in [0.25, 0.3) is 5.69 Å². The van der Waals surface area contributed by atoms with Crippen molar-refractivity contribution in [3.8, 4) is 11.4 Å². The Labute approximate surface area is 204 Å². The molecule has 0 radical (unpaired) electrons. The van der Waals surface area contributed by atoms with Gasteiger partial charge in [0.05, 0.1) is 23.5 Å². The summed E-state index contributed by atoms with van der Waals surface area (Å²) in [5.41, 5.74) is 2.14. The van der Waals surface area contributed by atoms with Crippen molar-refractivity contribution in [1.29, 1.82) is 0 Å². The summed E-state index contributed by atoms with van der Waals surface area (Å²) in [6.07, 6.45) is 5.25. The second kappa shape index (κ2) is 10.9. The Hall–Kier alpha value is -4.11. The fourth-order valence-corrected chi connectivity index (χ4v) is 5.00. The van der Waals surface area contributed by atoms with E-state index in [1.807, 2.05) is 42.0 Å². The molecule has 3 aromatic carbocycles. The van der Waals surface area contributed by atoms with Crippen LogP contribution < -0.4 is 14.4 Å². The summed E-state index contributed by atoms with van der Waals surface area (Å²) in [6.45, 7) is 2.04. The zero-order valence-corrected chi connectivity index (χ0v) is 20.1. The predicted octanol–water partition coefficient (Wildman–Crippen LogP) is 3.78. The Morgan fingerprint density at radius 2 is 1.71 bits per heavy atom. The van der Waals surface area contributed by atoms with Gasteiger partial charge in [0, 0.05) is 24.6 Å². The molecule has 1 aromatic heterocycles. The maximum Gasteiger partial charge on any atom is 0.264 e. The Morgan fingerprint density at radius 3 is 2.40 bits per heavy atom. The molecule has 0 aliphatic carbocycles. The van der Waals surface area contributed by atoms with Crippen molar-refractivity contribution in [3.63, 3.8) is 0 Å². The van der Waals surface area contributed by atoms with Gasteiger partial charge in [-0.05, 0) is 48.9 Å². The zero-order valence-electron chi connectivity index (χ0n) is 19.2. The van der Waals surface area contributed by atoms with E-state index in [0.717, 1.165) is 15.6 Å². The highest BCUT2D eigenvalue weighted by molar-refractivity contribution is 7.92. The van der Waals surface area contributed by atoms with Crippen LogP contribution in [0.3, 0.4) is 0 Å². The van der Waals surface area contributed by atoms with Crippen molar-refractivity contribution in [2.45, 2.75) is 18.4 Å². The Morgan fingerprint density at radius 1 is 1.00 bits per heavy atom. The summed E-state index contributed by atoms with van der Waals surface area (Å²) in [6, 6.07) is 22.5. The molecule has 0 spiro atoms. The predicted molar refractivity (Wildman–Crippen MR) is 134 cm³/mol. The number of sulfonamides is 1. The van der Waals surface area contributed by atoms with E-state index >= 15 is 0 Å². The van der Waals surface area contributed by atoms with Gasteiger partial charge in [0.25, 0.3) is 10.0 Å². The first-order valence-electron chi connectivity index (χ1n) is 11.1. The minimum Gasteiger partial charge on any atom is -0.492 e. The van der Waals surface area contributed by atoms with Gasteiger partial charge in [-0.1, -0.05) is 42.5 Å². The Kier molecular flexibility index (Phi) is 7.47. The lowest BCUT2D eigenvalue weighted by Crippen LogP contribution is -2.40. The molecule has 0 aliphatic rings. The fourth-order valence-electron chi connectivity index (χ4n) is 3.54. The van der Waals surface area contributed by atoms with Crippen molar-refractivity contribution in [3.05, 3.63) is 103 Å². The zero-order chi connectivity index (χ0) is 24.7.